The van der Waals surface area contributed by atoms with E-state index in [0.29, 0.717) is 5.92 Å². The first-order valence-corrected chi connectivity index (χ1v) is 8.93. The van der Waals surface area contributed by atoms with Crippen LogP contribution in [0, 0.1) is 5.92 Å². The van der Waals surface area contributed by atoms with Gasteiger partial charge in [0.05, 0.1) is 12.1 Å². The predicted octanol–water partition coefficient (Wildman–Crippen LogP) is 3.57. The van der Waals surface area contributed by atoms with Crippen LogP contribution in [0.5, 0.6) is 0 Å². The zero-order valence-corrected chi connectivity index (χ0v) is 13.4. The van der Waals surface area contributed by atoms with Gasteiger partial charge in [-0.05, 0) is 50.1 Å². The molecule has 1 heterocycles. The zero-order chi connectivity index (χ0) is 15.2. The molecular formula is C19H28N2O. The molecule has 0 spiro atoms. The van der Waals surface area contributed by atoms with E-state index in [9.17, 15) is 4.79 Å². The van der Waals surface area contributed by atoms with Crippen molar-refractivity contribution in [3.63, 3.8) is 0 Å². The average Bonchev–Trinajstić information content (AvgIpc) is 2.58. The van der Waals surface area contributed by atoms with Crippen LogP contribution >= 0.6 is 0 Å². The summed E-state index contributed by atoms with van der Waals surface area (Å²) < 4.78 is 0. The molecule has 1 aromatic rings. The third-order valence-electron chi connectivity index (χ3n) is 5.19. The molecular weight excluding hydrogens is 272 g/mol. The van der Waals surface area contributed by atoms with E-state index in [1.165, 1.54) is 50.5 Å². The SMILES string of the molecule is O=C(NC1CCCCN1)C(c1ccccc1)C1CCCCC1. The third kappa shape index (κ3) is 3.89. The Labute approximate surface area is 133 Å². The van der Waals surface area contributed by atoms with E-state index in [1.807, 2.05) is 6.07 Å². The maximum absolute atomic E-state index is 13.0. The molecule has 2 unspecified atom stereocenters. The Balaban J connectivity index is 1.73. The molecule has 2 atom stereocenters. The van der Waals surface area contributed by atoms with Crippen LogP contribution in [0.3, 0.4) is 0 Å². The fraction of sp³-hybridized carbons (Fsp3) is 0.632. The van der Waals surface area contributed by atoms with Gasteiger partial charge in [0.15, 0.2) is 0 Å². The molecule has 0 radical (unpaired) electrons. The van der Waals surface area contributed by atoms with Crippen LogP contribution in [-0.2, 0) is 4.79 Å². The van der Waals surface area contributed by atoms with Crippen molar-refractivity contribution in [2.75, 3.05) is 6.54 Å². The van der Waals surface area contributed by atoms with Crippen LogP contribution in [0.4, 0.5) is 0 Å². The van der Waals surface area contributed by atoms with Crippen molar-refractivity contribution < 1.29 is 4.79 Å². The lowest BCUT2D eigenvalue weighted by Gasteiger charge is -2.32. The first-order valence-electron chi connectivity index (χ1n) is 8.93. The van der Waals surface area contributed by atoms with Crippen LogP contribution in [0.25, 0.3) is 0 Å². The fourth-order valence-corrected chi connectivity index (χ4v) is 4.00. The van der Waals surface area contributed by atoms with Gasteiger partial charge in [-0.25, -0.2) is 0 Å². The van der Waals surface area contributed by atoms with Crippen molar-refractivity contribution in [1.29, 1.82) is 0 Å². The summed E-state index contributed by atoms with van der Waals surface area (Å²) in [4.78, 5) is 13.0. The van der Waals surface area contributed by atoms with Gasteiger partial charge in [0.25, 0.3) is 0 Å². The van der Waals surface area contributed by atoms with Gasteiger partial charge in [0.2, 0.25) is 5.91 Å². The molecule has 3 heteroatoms. The van der Waals surface area contributed by atoms with Gasteiger partial charge >= 0.3 is 0 Å². The summed E-state index contributed by atoms with van der Waals surface area (Å²) in [6.07, 6.45) is 9.87. The van der Waals surface area contributed by atoms with E-state index in [4.69, 9.17) is 0 Å². The maximum atomic E-state index is 13.0. The van der Waals surface area contributed by atoms with Gasteiger partial charge in [0.1, 0.15) is 0 Å². The largest absolute Gasteiger partial charge is 0.340 e. The molecule has 0 aromatic heterocycles. The molecule has 1 aliphatic carbocycles. The second kappa shape index (κ2) is 7.77. The van der Waals surface area contributed by atoms with E-state index < -0.39 is 0 Å². The predicted molar refractivity (Wildman–Crippen MR) is 89.5 cm³/mol. The number of carbonyl (C=O) groups is 1. The summed E-state index contributed by atoms with van der Waals surface area (Å²) in [5.74, 6) is 0.738. The quantitative estimate of drug-likeness (QED) is 0.892. The molecule has 3 rings (SSSR count). The fourth-order valence-electron chi connectivity index (χ4n) is 4.00. The van der Waals surface area contributed by atoms with Gasteiger partial charge in [-0.1, -0.05) is 49.6 Å². The number of piperidine rings is 1. The Bertz CT molecular complexity index is 462. The molecule has 120 valence electrons. The Hall–Kier alpha value is -1.35. The molecule has 0 bridgehead atoms. The third-order valence-corrected chi connectivity index (χ3v) is 5.19. The number of hydrogen-bond donors (Lipinski definition) is 2. The summed E-state index contributed by atoms with van der Waals surface area (Å²) in [5, 5.41) is 6.69. The van der Waals surface area contributed by atoms with Crippen molar-refractivity contribution in [2.24, 2.45) is 5.92 Å². The van der Waals surface area contributed by atoms with Crippen molar-refractivity contribution in [2.45, 2.75) is 63.5 Å². The highest BCUT2D eigenvalue weighted by Gasteiger charge is 2.32. The van der Waals surface area contributed by atoms with Gasteiger partial charge < -0.3 is 5.32 Å². The van der Waals surface area contributed by atoms with Crippen molar-refractivity contribution in [1.82, 2.24) is 10.6 Å². The molecule has 1 amide bonds. The minimum Gasteiger partial charge on any atom is -0.340 e. The lowest BCUT2D eigenvalue weighted by atomic mass is 9.76. The molecule has 2 fully saturated rings. The Kier molecular flexibility index (Phi) is 5.49. The summed E-state index contributed by atoms with van der Waals surface area (Å²) in [5.41, 5.74) is 1.18. The van der Waals surface area contributed by atoms with Crippen molar-refractivity contribution in [3.8, 4) is 0 Å². The lowest BCUT2D eigenvalue weighted by molar-refractivity contribution is -0.125. The number of rotatable bonds is 4. The molecule has 2 aliphatic rings. The van der Waals surface area contributed by atoms with Crippen LogP contribution in [0.15, 0.2) is 30.3 Å². The van der Waals surface area contributed by atoms with E-state index in [-0.39, 0.29) is 18.0 Å². The first-order chi connectivity index (χ1) is 10.8. The molecule has 3 nitrogen and oxygen atoms in total. The number of hydrogen-bond acceptors (Lipinski definition) is 2. The van der Waals surface area contributed by atoms with E-state index in [2.05, 4.69) is 34.9 Å². The Morgan fingerprint density at radius 3 is 2.41 bits per heavy atom. The van der Waals surface area contributed by atoms with E-state index in [1.54, 1.807) is 0 Å². The van der Waals surface area contributed by atoms with Crippen LogP contribution in [0.2, 0.25) is 0 Å². The molecule has 1 aromatic carbocycles. The summed E-state index contributed by atoms with van der Waals surface area (Å²) in [6, 6.07) is 10.4. The minimum atomic E-state index is 0.0187. The number of benzene rings is 1. The highest BCUT2D eigenvalue weighted by atomic mass is 16.2. The van der Waals surface area contributed by atoms with Crippen LogP contribution in [-0.4, -0.2) is 18.6 Å². The maximum Gasteiger partial charge on any atom is 0.229 e. The Morgan fingerprint density at radius 1 is 1.00 bits per heavy atom. The monoisotopic (exact) mass is 300 g/mol. The van der Waals surface area contributed by atoms with Gasteiger partial charge in [-0.3, -0.25) is 10.1 Å². The normalized spacial score (nSPS) is 24.6. The van der Waals surface area contributed by atoms with Crippen LogP contribution < -0.4 is 10.6 Å². The van der Waals surface area contributed by atoms with E-state index in [0.717, 1.165) is 13.0 Å². The zero-order valence-electron chi connectivity index (χ0n) is 13.4. The summed E-state index contributed by atoms with van der Waals surface area (Å²) >= 11 is 0. The molecule has 1 saturated carbocycles. The number of nitrogens with one attached hydrogen (secondary N) is 2. The second-order valence-corrected chi connectivity index (χ2v) is 6.80. The van der Waals surface area contributed by atoms with Gasteiger partial charge in [0, 0.05) is 0 Å². The standard InChI is InChI=1S/C19H28N2O/c22-19(21-17-13-7-8-14-20-17)18(15-9-3-1-4-10-15)16-11-5-2-6-12-16/h1,3-4,9-10,16-18,20H,2,5-8,11-14H2,(H,21,22). The van der Waals surface area contributed by atoms with Gasteiger partial charge in [-0.2, -0.15) is 0 Å². The average molecular weight is 300 g/mol. The number of amides is 1. The smallest absolute Gasteiger partial charge is 0.229 e. The van der Waals surface area contributed by atoms with Gasteiger partial charge in [-0.15, -0.1) is 0 Å². The summed E-state index contributed by atoms with van der Waals surface area (Å²) in [6.45, 7) is 1.02. The highest BCUT2D eigenvalue weighted by Crippen LogP contribution is 2.36. The highest BCUT2D eigenvalue weighted by molar-refractivity contribution is 5.84. The lowest BCUT2D eigenvalue weighted by Crippen LogP contribution is -2.50. The van der Waals surface area contributed by atoms with Crippen molar-refractivity contribution in [3.05, 3.63) is 35.9 Å². The first kappa shape index (κ1) is 15.5. The molecule has 22 heavy (non-hydrogen) atoms. The Morgan fingerprint density at radius 2 is 1.73 bits per heavy atom. The van der Waals surface area contributed by atoms with Crippen molar-refractivity contribution >= 4 is 5.91 Å². The van der Waals surface area contributed by atoms with Crippen LogP contribution in [0.1, 0.15) is 62.8 Å². The molecule has 1 aliphatic heterocycles. The summed E-state index contributed by atoms with van der Waals surface area (Å²) in [7, 11) is 0. The molecule has 1 saturated heterocycles. The minimum absolute atomic E-state index is 0.0187. The second-order valence-electron chi connectivity index (χ2n) is 6.80. The van der Waals surface area contributed by atoms with E-state index >= 15 is 0 Å². The topological polar surface area (TPSA) is 41.1 Å². The molecule has 2 N–H and O–H groups in total. The number of carbonyl (C=O) groups excluding carboxylic acids is 1.